The Morgan fingerprint density at radius 2 is 2.05 bits per heavy atom. The maximum Gasteiger partial charge on any atom is 0.123 e. The maximum absolute atomic E-state index is 13.0. The van der Waals surface area contributed by atoms with Crippen molar-refractivity contribution in [3.63, 3.8) is 0 Å². The number of hydrogen-bond acceptors (Lipinski definition) is 6. The van der Waals surface area contributed by atoms with Crippen LogP contribution >= 0.6 is 23.3 Å². The van der Waals surface area contributed by atoms with E-state index < -0.39 is 0 Å². The van der Waals surface area contributed by atoms with E-state index in [1.54, 1.807) is 12.1 Å². The van der Waals surface area contributed by atoms with E-state index in [9.17, 15) is 4.39 Å². The zero-order valence-corrected chi connectivity index (χ0v) is 11.7. The van der Waals surface area contributed by atoms with Gasteiger partial charge in [-0.1, -0.05) is 11.8 Å². The monoisotopic (exact) mass is 302 g/mol. The smallest absolute Gasteiger partial charge is 0.123 e. The van der Waals surface area contributed by atoms with Crippen LogP contribution in [0.4, 0.5) is 4.39 Å². The summed E-state index contributed by atoms with van der Waals surface area (Å²) in [5.74, 6) is 0.0452. The summed E-state index contributed by atoms with van der Waals surface area (Å²) in [4.78, 5) is 8.43. The van der Waals surface area contributed by atoms with Gasteiger partial charge in [0.15, 0.2) is 0 Å². The Hall–Kier alpha value is -2.04. The SMILES string of the molecule is N#CCSc1ncnc2c(-c3ccc(F)cc3)nsc12. The second kappa shape index (κ2) is 5.53. The van der Waals surface area contributed by atoms with Gasteiger partial charge in [-0.25, -0.2) is 14.4 Å². The van der Waals surface area contributed by atoms with Crippen molar-refractivity contribution >= 4 is 33.5 Å². The van der Waals surface area contributed by atoms with Gasteiger partial charge in [0.05, 0.1) is 11.8 Å². The molecule has 7 heteroatoms. The number of nitrogens with zero attached hydrogens (tertiary/aromatic N) is 4. The zero-order chi connectivity index (χ0) is 13.9. The molecule has 0 fully saturated rings. The fraction of sp³-hybridized carbons (Fsp3) is 0.0769. The van der Waals surface area contributed by atoms with E-state index >= 15 is 0 Å². The summed E-state index contributed by atoms with van der Waals surface area (Å²) in [7, 11) is 0. The minimum absolute atomic E-state index is 0.284. The van der Waals surface area contributed by atoms with Crippen LogP contribution in [0.3, 0.4) is 0 Å². The fourth-order valence-corrected chi connectivity index (χ4v) is 3.32. The lowest BCUT2D eigenvalue weighted by atomic mass is 10.1. The molecule has 0 atom stereocenters. The lowest BCUT2D eigenvalue weighted by Gasteiger charge is -1.99. The summed E-state index contributed by atoms with van der Waals surface area (Å²) >= 11 is 2.65. The first kappa shape index (κ1) is 13.0. The summed E-state index contributed by atoms with van der Waals surface area (Å²) in [6.07, 6.45) is 1.46. The van der Waals surface area contributed by atoms with Crippen molar-refractivity contribution in [2.24, 2.45) is 0 Å². The number of halogens is 1. The Morgan fingerprint density at radius 3 is 2.80 bits per heavy atom. The van der Waals surface area contributed by atoms with E-state index in [1.165, 1.54) is 41.8 Å². The van der Waals surface area contributed by atoms with Crippen LogP contribution in [0.2, 0.25) is 0 Å². The van der Waals surface area contributed by atoms with Gasteiger partial charge >= 0.3 is 0 Å². The van der Waals surface area contributed by atoms with Crippen molar-refractivity contribution in [2.45, 2.75) is 5.03 Å². The van der Waals surface area contributed by atoms with Crippen LogP contribution in [-0.4, -0.2) is 20.1 Å². The first-order chi connectivity index (χ1) is 9.79. The molecule has 0 unspecified atom stereocenters. The second-order valence-corrected chi connectivity index (χ2v) is 5.58. The molecule has 0 aliphatic heterocycles. The largest absolute Gasteiger partial charge is 0.233 e. The molecule has 0 aliphatic carbocycles. The molecule has 0 aliphatic rings. The molecular weight excluding hydrogens is 295 g/mol. The van der Waals surface area contributed by atoms with Crippen LogP contribution in [0.25, 0.3) is 21.5 Å². The van der Waals surface area contributed by atoms with Gasteiger partial charge in [-0.3, -0.25) is 0 Å². The number of aromatic nitrogens is 3. The maximum atomic E-state index is 13.0. The number of thioether (sulfide) groups is 1. The molecule has 0 saturated heterocycles. The van der Waals surface area contributed by atoms with Crippen LogP contribution in [0.1, 0.15) is 0 Å². The van der Waals surface area contributed by atoms with Gasteiger partial charge in [0.25, 0.3) is 0 Å². The lowest BCUT2D eigenvalue weighted by Crippen LogP contribution is -1.86. The molecule has 98 valence electrons. The van der Waals surface area contributed by atoms with Gasteiger partial charge in [-0.15, -0.1) is 0 Å². The van der Waals surface area contributed by atoms with Crippen LogP contribution in [-0.2, 0) is 0 Å². The summed E-state index contributed by atoms with van der Waals surface area (Å²) in [5.41, 5.74) is 2.26. The Morgan fingerprint density at radius 1 is 1.25 bits per heavy atom. The lowest BCUT2D eigenvalue weighted by molar-refractivity contribution is 0.628. The number of hydrogen-bond donors (Lipinski definition) is 0. The van der Waals surface area contributed by atoms with Crippen LogP contribution < -0.4 is 0 Å². The van der Waals surface area contributed by atoms with Gasteiger partial charge in [0.2, 0.25) is 0 Å². The molecule has 1 aromatic carbocycles. The van der Waals surface area contributed by atoms with E-state index in [0.29, 0.717) is 11.4 Å². The molecule has 0 amide bonds. The van der Waals surface area contributed by atoms with Gasteiger partial charge in [-0.2, -0.15) is 9.64 Å². The van der Waals surface area contributed by atoms with Crippen LogP contribution in [0.15, 0.2) is 35.6 Å². The predicted octanol–water partition coefficient (Wildman–Crippen LogP) is 3.51. The highest BCUT2D eigenvalue weighted by atomic mass is 32.2. The van der Waals surface area contributed by atoms with Crippen LogP contribution in [0, 0.1) is 17.1 Å². The number of benzene rings is 1. The highest BCUT2D eigenvalue weighted by molar-refractivity contribution is 7.99. The number of nitriles is 1. The van der Waals surface area contributed by atoms with E-state index in [-0.39, 0.29) is 5.82 Å². The molecule has 0 radical (unpaired) electrons. The molecule has 0 bridgehead atoms. The van der Waals surface area contributed by atoms with E-state index in [1.807, 2.05) is 0 Å². The average Bonchev–Trinajstić information content (AvgIpc) is 2.90. The first-order valence-electron chi connectivity index (χ1n) is 5.65. The summed E-state index contributed by atoms with van der Waals surface area (Å²) < 4.78 is 18.2. The Kier molecular flexibility index (Phi) is 3.58. The number of fused-ring (bicyclic) bond motifs is 1. The molecular formula is C13H7FN4S2. The normalized spacial score (nSPS) is 10.6. The third kappa shape index (κ3) is 2.35. The molecule has 20 heavy (non-hydrogen) atoms. The van der Waals surface area contributed by atoms with Crippen molar-refractivity contribution in [3.05, 3.63) is 36.4 Å². The average molecular weight is 302 g/mol. The van der Waals surface area contributed by atoms with Crippen molar-refractivity contribution in [1.82, 2.24) is 14.3 Å². The molecule has 0 spiro atoms. The van der Waals surface area contributed by atoms with Gasteiger partial charge in [0.1, 0.15) is 33.1 Å². The third-order valence-corrected chi connectivity index (χ3v) is 4.44. The van der Waals surface area contributed by atoms with Crippen molar-refractivity contribution in [3.8, 4) is 17.3 Å². The summed E-state index contributed by atoms with van der Waals surface area (Å²) in [6, 6.07) is 8.21. The fourth-order valence-electron chi connectivity index (χ4n) is 1.74. The molecule has 3 rings (SSSR count). The molecule has 0 N–H and O–H groups in total. The molecule has 3 aromatic rings. The topological polar surface area (TPSA) is 62.5 Å². The van der Waals surface area contributed by atoms with Gasteiger partial charge in [-0.05, 0) is 35.8 Å². The molecule has 2 aromatic heterocycles. The van der Waals surface area contributed by atoms with E-state index in [2.05, 4.69) is 20.4 Å². The Labute approximate surface area is 122 Å². The standard InChI is InChI=1S/C13H7FN4S2/c14-9-3-1-8(2-4-9)10-11-12(20-18-10)13(17-7-16-11)19-6-5-15/h1-4,7H,6H2. The van der Waals surface area contributed by atoms with Crippen molar-refractivity contribution < 1.29 is 4.39 Å². The van der Waals surface area contributed by atoms with Crippen molar-refractivity contribution in [2.75, 3.05) is 5.75 Å². The third-order valence-electron chi connectivity index (χ3n) is 2.61. The second-order valence-electron chi connectivity index (χ2n) is 3.84. The molecule has 0 saturated carbocycles. The highest BCUT2D eigenvalue weighted by Gasteiger charge is 2.14. The minimum Gasteiger partial charge on any atom is -0.233 e. The Balaban J connectivity index is 2.10. The first-order valence-corrected chi connectivity index (χ1v) is 7.41. The highest BCUT2D eigenvalue weighted by Crippen LogP contribution is 2.34. The molecule has 4 nitrogen and oxygen atoms in total. The van der Waals surface area contributed by atoms with Gasteiger partial charge in [0, 0.05) is 5.56 Å². The zero-order valence-electron chi connectivity index (χ0n) is 10.1. The van der Waals surface area contributed by atoms with Crippen molar-refractivity contribution in [1.29, 1.82) is 5.26 Å². The molecule has 2 heterocycles. The number of rotatable bonds is 3. The summed E-state index contributed by atoms with van der Waals surface area (Å²) in [6.45, 7) is 0. The predicted molar refractivity (Wildman–Crippen MR) is 76.9 cm³/mol. The van der Waals surface area contributed by atoms with Gasteiger partial charge < -0.3 is 0 Å². The van der Waals surface area contributed by atoms with E-state index in [0.717, 1.165) is 20.8 Å². The quantitative estimate of drug-likeness (QED) is 0.547. The summed E-state index contributed by atoms with van der Waals surface area (Å²) in [5, 5.41) is 9.40. The van der Waals surface area contributed by atoms with Crippen LogP contribution in [0.5, 0.6) is 0 Å². The minimum atomic E-state index is -0.284. The Bertz CT molecular complexity index is 792. The van der Waals surface area contributed by atoms with E-state index in [4.69, 9.17) is 5.26 Å².